The Labute approximate surface area is 279 Å². The molecule has 1 amide bonds. The van der Waals surface area contributed by atoms with E-state index < -0.39 is 45.0 Å². The lowest BCUT2D eigenvalue weighted by atomic mass is 9.93. The number of phenolic OH excluding ortho intramolecular Hbond substituents is 1. The van der Waals surface area contributed by atoms with Crippen LogP contribution in [0.4, 0.5) is 18.9 Å². The molecule has 0 spiro atoms. The summed E-state index contributed by atoms with van der Waals surface area (Å²) in [7, 11) is 1.83. The van der Waals surface area contributed by atoms with Gasteiger partial charge in [0.05, 0.1) is 38.7 Å². The monoisotopic (exact) mass is 686 g/mol. The fourth-order valence-corrected chi connectivity index (χ4v) is 6.96. The number of phenols is 1. The van der Waals surface area contributed by atoms with Crippen LogP contribution in [0, 0.1) is 34.7 Å². The molecule has 2 aliphatic rings. The Morgan fingerprint density at radius 1 is 1.21 bits per heavy atom. The minimum absolute atomic E-state index is 0.0554. The van der Waals surface area contributed by atoms with Gasteiger partial charge in [-0.2, -0.15) is 9.65 Å². The van der Waals surface area contributed by atoms with Crippen LogP contribution in [0.3, 0.4) is 0 Å². The van der Waals surface area contributed by atoms with Crippen molar-refractivity contribution in [1.82, 2.24) is 19.4 Å². The number of piperazine rings is 1. The summed E-state index contributed by atoms with van der Waals surface area (Å²) in [6.07, 6.45) is 4.87. The highest BCUT2D eigenvalue weighted by molar-refractivity contribution is 6.37. The van der Waals surface area contributed by atoms with E-state index in [1.165, 1.54) is 16.7 Å². The van der Waals surface area contributed by atoms with E-state index in [4.69, 9.17) is 23.2 Å². The zero-order chi connectivity index (χ0) is 34.6. The Morgan fingerprint density at radius 3 is 2.49 bits per heavy atom. The molecule has 1 saturated heterocycles. The molecule has 0 aliphatic carbocycles. The topological polar surface area (TPSA) is 106 Å². The van der Waals surface area contributed by atoms with Crippen molar-refractivity contribution in [3.63, 3.8) is 0 Å². The number of amides is 1. The first-order valence-corrected chi connectivity index (χ1v) is 15.5. The molecule has 1 aromatic carbocycles. The van der Waals surface area contributed by atoms with Crippen LogP contribution in [0.2, 0.25) is 10.0 Å². The summed E-state index contributed by atoms with van der Waals surface area (Å²) in [5.41, 5.74) is -0.918. The van der Waals surface area contributed by atoms with E-state index in [0.717, 1.165) is 0 Å². The number of benzene rings is 1. The quantitative estimate of drug-likeness (QED) is 0.191. The number of anilines is 1. The van der Waals surface area contributed by atoms with Gasteiger partial charge in [-0.05, 0) is 49.8 Å². The van der Waals surface area contributed by atoms with Crippen LogP contribution in [0.5, 0.6) is 5.75 Å². The van der Waals surface area contributed by atoms with Crippen LogP contribution < -0.4 is 10.5 Å². The van der Waals surface area contributed by atoms with Crippen molar-refractivity contribution in [2.24, 2.45) is 5.92 Å². The predicted molar refractivity (Wildman–Crippen MR) is 176 cm³/mol. The number of likely N-dealkylation sites (N-methyl/N-ethyl adjacent to an activating group) is 1. The van der Waals surface area contributed by atoms with Crippen LogP contribution in [0.15, 0.2) is 41.4 Å². The number of carbonyl (C=O) groups excluding carboxylic acids is 1. The number of aromatic nitrogens is 2. The van der Waals surface area contributed by atoms with Crippen molar-refractivity contribution in [3.8, 4) is 23.1 Å². The second kappa shape index (κ2) is 12.6. The summed E-state index contributed by atoms with van der Waals surface area (Å²) < 4.78 is 45.6. The minimum Gasteiger partial charge on any atom is -0.503 e. The number of halogens is 5. The molecule has 2 aliphatic heterocycles. The second-order valence-corrected chi connectivity index (χ2v) is 12.7. The highest BCUT2D eigenvalue weighted by atomic mass is 35.5. The van der Waals surface area contributed by atoms with Gasteiger partial charge in [-0.15, -0.1) is 0 Å². The van der Waals surface area contributed by atoms with Gasteiger partial charge in [0, 0.05) is 38.1 Å². The maximum Gasteiger partial charge on any atom is 0.276 e. The van der Waals surface area contributed by atoms with Crippen LogP contribution >= 0.6 is 23.2 Å². The molecule has 14 heteroatoms. The molecule has 3 aromatic rings. The molecule has 1 N–H and O–H groups in total. The molecule has 4 heterocycles. The average molecular weight is 688 g/mol. The van der Waals surface area contributed by atoms with E-state index in [0.29, 0.717) is 11.3 Å². The molecule has 0 bridgehead atoms. The van der Waals surface area contributed by atoms with Crippen LogP contribution in [0.1, 0.15) is 33.3 Å². The number of aromatic hydroxyl groups is 1. The van der Waals surface area contributed by atoms with E-state index in [2.05, 4.69) is 17.6 Å². The highest BCUT2D eigenvalue weighted by Crippen LogP contribution is 2.44. The van der Waals surface area contributed by atoms with Gasteiger partial charge in [0.1, 0.15) is 17.3 Å². The fraction of sp³-hybridized carbons (Fsp3) is 0.333. The number of rotatable bonds is 5. The van der Waals surface area contributed by atoms with Crippen molar-refractivity contribution < 1.29 is 23.1 Å². The summed E-state index contributed by atoms with van der Waals surface area (Å²) in [4.78, 5) is 36.9. The highest BCUT2D eigenvalue weighted by Gasteiger charge is 2.35. The third kappa shape index (κ3) is 5.41. The molecule has 246 valence electrons. The Morgan fingerprint density at radius 2 is 1.89 bits per heavy atom. The van der Waals surface area contributed by atoms with Crippen molar-refractivity contribution in [2.75, 3.05) is 31.6 Å². The molecule has 47 heavy (non-hydrogen) atoms. The number of hydrogen-bond acceptors (Lipinski definition) is 7. The molecule has 1 unspecified atom stereocenters. The SMILES string of the molecule is C=CC(=O)N1CCN(c2c(C#N)c(=O)n(C3=C(C)C=CN(C)C3C(C)C)c3nc(-c4c(F)c(O)c(F)c(F)c4Cl)c(Cl)cc23)C[C@H]1C. The molecular formula is C33H31Cl2F3N6O3. The minimum atomic E-state index is -1.88. The zero-order valence-electron chi connectivity index (χ0n) is 26.2. The smallest absolute Gasteiger partial charge is 0.276 e. The fourth-order valence-electron chi connectivity index (χ4n) is 6.46. The number of allylic oxidation sites excluding steroid dienone is 2. The molecular weight excluding hydrogens is 656 g/mol. The first kappa shape index (κ1) is 33.9. The van der Waals surface area contributed by atoms with Crippen molar-refractivity contribution in [3.05, 3.63) is 80.0 Å². The largest absolute Gasteiger partial charge is 0.503 e. The van der Waals surface area contributed by atoms with E-state index >= 15 is 4.39 Å². The summed E-state index contributed by atoms with van der Waals surface area (Å²) >= 11 is 12.8. The Kier molecular flexibility index (Phi) is 9.10. The van der Waals surface area contributed by atoms with Gasteiger partial charge >= 0.3 is 0 Å². The van der Waals surface area contributed by atoms with Crippen molar-refractivity contribution in [1.29, 1.82) is 5.26 Å². The number of nitrogens with zero attached hydrogens (tertiary/aromatic N) is 6. The standard InChI is InChI=1S/C33H31Cl2F3N6O3/c1-7-21(45)43-11-10-42(14-17(43)5)30-18-12-20(34)27(22-23(35)25(37)26(38)31(46)24(22)36)40-32(18)44(33(47)19(30)13-39)29-16(4)8-9-41(6)28(29)15(2)3/h7-9,12,15,17,28,46H,1,10-11,14H2,2-6H3/t17-,28?/m1/s1. The maximum atomic E-state index is 15.4. The second-order valence-electron chi connectivity index (χ2n) is 11.9. The van der Waals surface area contributed by atoms with Gasteiger partial charge in [-0.3, -0.25) is 14.2 Å². The van der Waals surface area contributed by atoms with Crippen molar-refractivity contribution in [2.45, 2.75) is 39.8 Å². The predicted octanol–water partition coefficient (Wildman–Crippen LogP) is 6.30. The van der Waals surface area contributed by atoms with Gasteiger partial charge in [0.2, 0.25) is 11.7 Å². The van der Waals surface area contributed by atoms with E-state index in [9.17, 15) is 28.7 Å². The Balaban J connectivity index is 1.92. The number of fused-ring (bicyclic) bond motifs is 1. The van der Waals surface area contributed by atoms with E-state index in [1.54, 1.807) is 22.8 Å². The lowest BCUT2D eigenvalue weighted by Crippen LogP contribution is -2.54. The van der Waals surface area contributed by atoms with Gasteiger partial charge in [-0.1, -0.05) is 43.6 Å². The molecule has 0 radical (unpaired) electrons. The Bertz CT molecular complexity index is 1990. The third-order valence-corrected chi connectivity index (χ3v) is 9.26. The summed E-state index contributed by atoms with van der Waals surface area (Å²) in [6, 6.07) is 2.69. The molecule has 2 aromatic heterocycles. The van der Waals surface area contributed by atoms with Crippen LogP contribution in [-0.4, -0.2) is 69.1 Å². The molecule has 9 nitrogen and oxygen atoms in total. The van der Waals surface area contributed by atoms with E-state index in [1.807, 2.05) is 38.9 Å². The molecule has 1 fully saturated rings. The number of carbonyl (C=O) groups is 1. The molecule has 5 rings (SSSR count). The van der Waals surface area contributed by atoms with Gasteiger partial charge in [0.25, 0.3) is 5.56 Å². The first-order chi connectivity index (χ1) is 22.2. The van der Waals surface area contributed by atoms with Gasteiger partial charge < -0.3 is 19.8 Å². The maximum absolute atomic E-state index is 15.4. The zero-order valence-corrected chi connectivity index (χ0v) is 27.7. The lowest BCUT2D eigenvalue weighted by molar-refractivity contribution is -0.128. The molecule has 2 atom stereocenters. The number of hydrogen-bond donors (Lipinski definition) is 1. The Hall–Kier alpha value is -4.47. The summed E-state index contributed by atoms with van der Waals surface area (Å²) in [6.45, 7) is 11.8. The van der Waals surface area contributed by atoms with Crippen LogP contribution in [-0.2, 0) is 4.79 Å². The van der Waals surface area contributed by atoms with Crippen molar-refractivity contribution >= 4 is 51.5 Å². The lowest BCUT2D eigenvalue weighted by Gasteiger charge is -2.41. The molecule has 0 saturated carbocycles. The number of nitriles is 1. The average Bonchev–Trinajstić information content (AvgIpc) is 3.03. The van der Waals surface area contributed by atoms with Crippen LogP contribution in [0.25, 0.3) is 28.0 Å². The van der Waals surface area contributed by atoms with Gasteiger partial charge in [-0.25, -0.2) is 13.8 Å². The first-order valence-electron chi connectivity index (χ1n) is 14.7. The summed E-state index contributed by atoms with van der Waals surface area (Å²) in [5.74, 6) is -7.13. The summed E-state index contributed by atoms with van der Waals surface area (Å²) in [5, 5.41) is 19.5. The van der Waals surface area contributed by atoms with Gasteiger partial charge in [0.15, 0.2) is 17.4 Å². The number of pyridine rings is 2. The third-order valence-electron chi connectivity index (χ3n) is 8.62. The normalized spacial score (nSPS) is 18.4. The van der Waals surface area contributed by atoms with E-state index in [-0.39, 0.29) is 70.8 Å².